The van der Waals surface area contributed by atoms with E-state index >= 15 is 0 Å². The first kappa shape index (κ1) is 22.1. The lowest BCUT2D eigenvalue weighted by Gasteiger charge is -2.37. The zero-order valence-electron chi connectivity index (χ0n) is 18.1. The molecule has 0 saturated carbocycles. The second kappa shape index (κ2) is 9.91. The van der Waals surface area contributed by atoms with Crippen molar-refractivity contribution in [3.05, 3.63) is 53.3 Å². The number of aryl methyl sites for hydroxylation is 1. The van der Waals surface area contributed by atoms with Crippen LogP contribution >= 0.6 is 0 Å². The van der Waals surface area contributed by atoms with Gasteiger partial charge in [0, 0.05) is 32.7 Å². The molecule has 1 aliphatic heterocycles. The number of hydrogen-bond acceptors (Lipinski definition) is 5. The number of piperazine rings is 1. The highest BCUT2D eigenvalue weighted by Gasteiger charge is 2.26. The summed E-state index contributed by atoms with van der Waals surface area (Å²) in [5, 5.41) is 2.69. The normalized spacial score (nSPS) is 16.2. The number of nitrogens with zero attached hydrogens (tertiary/aromatic N) is 2. The predicted molar refractivity (Wildman–Crippen MR) is 116 cm³/mol. The molecule has 0 aromatic heterocycles. The Morgan fingerprint density at radius 1 is 1.10 bits per heavy atom. The number of carbonyl (C=O) groups is 1. The summed E-state index contributed by atoms with van der Waals surface area (Å²) in [7, 11) is 3.28. The highest BCUT2D eigenvalue weighted by molar-refractivity contribution is 5.94. The SMILES string of the molecule is COc1cc(C)c(CN2CCN([C@H](C)C(=O)Nc3ccccc3F)CC2)cc1OC. The van der Waals surface area contributed by atoms with Gasteiger partial charge in [0.15, 0.2) is 11.5 Å². The van der Waals surface area contributed by atoms with Gasteiger partial charge in [-0.25, -0.2) is 4.39 Å². The minimum absolute atomic E-state index is 0.190. The van der Waals surface area contributed by atoms with E-state index in [4.69, 9.17) is 9.47 Å². The maximum Gasteiger partial charge on any atom is 0.241 e. The Labute approximate surface area is 177 Å². The van der Waals surface area contributed by atoms with Crippen LogP contribution in [0.15, 0.2) is 36.4 Å². The average Bonchev–Trinajstić information content (AvgIpc) is 2.76. The van der Waals surface area contributed by atoms with E-state index in [0.717, 1.165) is 49.8 Å². The maximum atomic E-state index is 13.8. The summed E-state index contributed by atoms with van der Waals surface area (Å²) in [5.41, 5.74) is 2.58. The Kier molecular flexibility index (Phi) is 7.29. The van der Waals surface area contributed by atoms with Crippen molar-refractivity contribution in [2.75, 3.05) is 45.7 Å². The Morgan fingerprint density at radius 3 is 2.37 bits per heavy atom. The van der Waals surface area contributed by atoms with E-state index in [-0.39, 0.29) is 17.6 Å². The number of benzene rings is 2. The van der Waals surface area contributed by atoms with Crippen molar-refractivity contribution in [2.24, 2.45) is 0 Å². The zero-order valence-corrected chi connectivity index (χ0v) is 18.1. The minimum Gasteiger partial charge on any atom is -0.493 e. The topological polar surface area (TPSA) is 54.0 Å². The van der Waals surface area contributed by atoms with Gasteiger partial charge >= 0.3 is 0 Å². The fourth-order valence-corrected chi connectivity index (χ4v) is 3.71. The van der Waals surface area contributed by atoms with Crippen LogP contribution in [0.5, 0.6) is 11.5 Å². The molecule has 1 aliphatic rings. The Hall–Kier alpha value is -2.64. The van der Waals surface area contributed by atoms with Crippen molar-refractivity contribution >= 4 is 11.6 Å². The van der Waals surface area contributed by atoms with E-state index in [1.807, 2.05) is 19.1 Å². The first-order valence-corrected chi connectivity index (χ1v) is 10.2. The molecule has 0 bridgehead atoms. The third kappa shape index (κ3) is 5.09. The van der Waals surface area contributed by atoms with Crippen molar-refractivity contribution < 1.29 is 18.7 Å². The van der Waals surface area contributed by atoms with Crippen LogP contribution in [0.1, 0.15) is 18.1 Å². The first-order chi connectivity index (χ1) is 14.4. The van der Waals surface area contributed by atoms with Gasteiger partial charge in [-0.2, -0.15) is 0 Å². The molecule has 30 heavy (non-hydrogen) atoms. The quantitative estimate of drug-likeness (QED) is 0.752. The molecule has 162 valence electrons. The van der Waals surface area contributed by atoms with Crippen LogP contribution in [0, 0.1) is 12.7 Å². The van der Waals surface area contributed by atoms with E-state index in [2.05, 4.69) is 22.0 Å². The summed E-state index contributed by atoms with van der Waals surface area (Å²) in [6.45, 7) is 8.01. The van der Waals surface area contributed by atoms with Gasteiger partial charge < -0.3 is 14.8 Å². The summed E-state index contributed by atoms with van der Waals surface area (Å²) in [5.74, 6) is 0.853. The molecule has 1 heterocycles. The van der Waals surface area contributed by atoms with Gasteiger partial charge in [-0.3, -0.25) is 14.6 Å². The number of carbonyl (C=O) groups excluding carboxylic acids is 1. The van der Waals surface area contributed by atoms with Gasteiger partial charge in [0.25, 0.3) is 0 Å². The molecule has 7 heteroatoms. The number of hydrogen-bond donors (Lipinski definition) is 1. The molecule has 6 nitrogen and oxygen atoms in total. The van der Waals surface area contributed by atoms with Gasteiger partial charge in [0.1, 0.15) is 5.82 Å². The predicted octanol–water partition coefficient (Wildman–Crippen LogP) is 3.30. The van der Waals surface area contributed by atoms with Gasteiger partial charge in [0.05, 0.1) is 25.9 Å². The molecule has 0 spiro atoms. The number of amides is 1. The number of methoxy groups -OCH3 is 2. The third-order valence-corrected chi connectivity index (χ3v) is 5.70. The highest BCUT2D eigenvalue weighted by atomic mass is 19.1. The third-order valence-electron chi connectivity index (χ3n) is 5.70. The molecule has 1 saturated heterocycles. The minimum atomic E-state index is -0.423. The van der Waals surface area contributed by atoms with Crippen LogP contribution in [0.3, 0.4) is 0 Å². The van der Waals surface area contributed by atoms with Crippen LogP contribution < -0.4 is 14.8 Å². The largest absolute Gasteiger partial charge is 0.493 e. The van der Waals surface area contributed by atoms with Crippen molar-refractivity contribution in [1.29, 1.82) is 0 Å². The van der Waals surface area contributed by atoms with E-state index in [0.29, 0.717) is 0 Å². The molecule has 0 radical (unpaired) electrons. The Morgan fingerprint density at radius 2 is 1.73 bits per heavy atom. The molecule has 1 N–H and O–H groups in total. The number of halogens is 1. The summed E-state index contributed by atoms with van der Waals surface area (Å²) in [6, 6.07) is 9.93. The smallest absolute Gasteiger partial charge is 0.241 e. The second-order valence-corrected chi connectivity index (χ2v) is 7.59. The van der Waals surface area contributed by atoms with E-state index < -0.39 is 5.82 Å². The van der Waals surface area contributed by atoms with Crippen molar-refractivity contribution in [3.63, 3.8) is 0 Å². The average molecular weight is 416 g/mol. The van der Waals surface area contributed by atoms with Gasteiger partial charge in [-0.15, -0.1) is 0 Å². The summed E-state index contributed by atoms with van der Waals surface area (Å²) in [4.78, 5) is 17.1. The number of ether oxygens (including phenoxy) is 2. The number of anilines is 1. The number of nitrogens with one attached hydrogen (secondary N) is 1. The van der Waals surface area contributed by atoms with Crippen LogP contribution in [0.25, 0.3) is 0 Å². The molecular weight excluding hydrogens is 385 g/mol. The molecule has 2 aromatic rings. The van der Waals surface area contributed by atoms with Crippen LogP contribution in [-0.2, 0) is 11.3 Å². The van der Waals surface area contributed by atoms with E-state index in [9.17, 15) is 9.18 Å². The number of rotatable bonds is 7. The Balaban J connectivity index is 1.56. The van der Waals surface area contributed by atoms with Gasteiger partial charge in [0.2, 0.25) is 5.91 Å². The maximum absolute atomic E-state index is 13.8. The molecule has 3 rings (SSSR count). The van der Waals surface area contributed by atoms with Gasteiger partial charge in [-0.05, 0) is 49.2 Å². The van der Waals surface area contributed by atoms with Crippen LogP contribution in [0.4, 0.5) is 10.1 Å². The zero-order chi connectivity index (χ0) is 21.7. The molecule has 0 aliphatic carbocycles. The molecule has 2 aromatic carbocycles. The lowest BCUT2D eigenvalue weighted by atomic mass is 10.1. The van der Waals surface area contributed by atoms with Crippen LogP contribution in [-0.4, -0.2) is 62.1 Å². The van der Waals surface area contributed by atoms with E-state index in [1.54, 1.807) is 32.4 Å². The lowest BCUT2D eigenvalue weighted by Crippen LogP contribution is -2.52. The van der Waals surface area contributed by atoms with Crippen molar-refractivity contribution in [3.8, 4) is 11.5 Å². The monoisotopic (exact) mass is 415 g/mol. The van der Waals surface area contributed by atoms with Gasteiger partial charge in [-0.1, -0.05) is 12.1 Å². The first-order valence-electron chi connectivity index (χ1n) is 10.2. The molecule has 1 atom stereocenters. The molecule has 1 amide bonds. The van der Waals surface area contributed by atoms with Crippen molar-refractivity contribution in [2.45, 2.75) is 26.4 Å². The fraction of sp³-hybridized carbons (Fsp3) is 0.435. The summed E-state index contributed by atoms with van der Waals surface area (Å²) >= 11 is 0. The molecule has 0 unspecified atom stereocenters. The standard InChI is InChI=1S/C23H30FN3O3/c1-16-13-21(29-3)22(30-4)14-18(16)15-26-9-11-27(12-10-26)17(2)23(28)25-20-8-6-5-7-19(20)24/h5-8,13-14,17H,9-12,15H2,1-4H3,(H,25,28)/t17-/m1/s1. The lowest BCUT2D eigenvalue weighted by molar-refractivity contribution is -0.121. The summed E-state index contributed by atoms with van der Waals surface area (Å²) < 4.78 is 24.6. The summed E-state index contributed by atoms with van der Waals surface area (Å²) in [6.07, 6.45) is 0. The van der Waals surface area contributed by atoms with Crippen molar-refractivity contribution in [1.82, 2.24) is 9.80 Å². The molecule has 1 fully saturated rings. The Bertz CT molecular complexity index is 882. The molecular formula is C23H30FN3O3. The highest BCUT2D eigenvalue weighted by Crippen LogP contribution is 2.31. The van der Waals surface area contributed by atoms with E-state index in [1.165, 1.54) is 11.6 Å². The van der Waals surface area contributed by atoms with Crippen LogP contribution in [0.2, 0.25) is 0 Å². The number of para-hydroxylation sites is 1. The fourth-order valence-electron chi connectivity index (χ4n) is 3.71. The second-order valence-electron chi connectivity index (χ2n) is 7.59.